The molecule has 92 valence electrons. The lowest BCUT2D eigenvalue weighted by atomic mass is 10.0. The lowest BCUT2D eigenvalue weighted by Crippen LogP contribution is -2.05. The summed E-state index contributed by atoms with van der Waals surface area (Å²) in [5.41, 5.74) is 3.73. The Hall–Kier alpha value is -1.60. The van der Waals surface area contributed by atoms with E-state index in [9.17, 15) is 4.79 Å². The van der Waals surface area contributed by atoms with Crippen molar-refractivity contribution in [3.05, 3.63) is 69.7 Å². The lowest BCUT2D eigenvalue weighted by Gasteiger charge is -2.06. The zero-order valence-corrected chi connectivity index (χ0v) is 11.3. The number of hydrogen-bond acceptors (Lipinski definition) is 1. The zero-order chi connectivity index (χ0) is 13.1. The van der Waals surface area contributed by atoms with Crippen LogP contribution in [-0.2, 0) is 6.42 Å². The fourth-order valence-electron chi connectivity index (χ4n) is 1.97. The van der Waals surface area contributed by atoms with Crippen LogP contribution < -0.4 is 0 Å². The van der Waals surface area contributed by atoms with Gasteiger partial charge in [0.05, 0.1) is 5.02 Å². The Kier molecular flexibility index (Phi) is 3.83. The number of rotatable bonds is 3. The molecule has 0 spiro atoms. The van der Waals surface area contributed by atoms with Crippen molar-refractivity contribution in [1.29, 1.82) is 0 Å². The number of aryl methyl sites for hydroxylation is 2. The maximum Gasteiger partial charge on any atom is 0.168 e. The first-order valence-corrected chi connectivity index (χ1v) is 6.29. The molecule has 0 aliphatic heterocycles. The Morgan fingerprint density at radius 2 is 1.83 bits per heavy atom. The fraction of sp³-hybridized carbons (Fsp3) is 0.188. The summed E-state index contributed by atoms with van der Waals surface area (Å²) in [4.78, 5) is 12.2. The minimum atomic E-state index is 0.0642. The summed E-state index contributed by atoms with van der Waals surface area (Å²) in [6, 6.07) is 13.5. The summed E-state index contributed by atoms with van der Waals surface area (Å²) >= 11 is 6.16. The normalized spacial score (nSPS) is 10.4. The molecule has 2 aromatic carbocycles. The van der Waals surface area contributed by atoms with Crippen LogP contribution in [0.4, 0.5) is 0 Å². The maximum absolute atomic E-state index is 12.2. The summed E-state index contributed by atoms with van der Waals surface area (Å²) in [5.74, 6) is 0.0642. The minimum Gasteiger partial charge on any atom is -0.294 e. The summed E-state index contributed by atoms with van der Waals surface area (Å²) < 4.78 is 0. The van der Waals surface area contributed by atoms with Crippen LogP contribution in [0.2, 0.25) is 5.02 Å². The molecule has 0 fully saturated rings. The molecule has 0 bridgehead atoms. The van der Waals surface area contributed by atoms with Gasteiger partial charge in [0.25, 0.3) is 0 Å². The Morgan fingerprint density at radius 3 is 2.56 bits per heavy atom. The highest BCUT2D eigenvalue weighted by molar-refractivity contribution is 6.34. The molecule has 2 rings (SSSR count). The molecule has 0 heterocycles. The van der Waals surface area contributed by atoms with Crippen molar-refractivity contribution >= 4 is 17.4 Å². The molecule has 0 aromatic heterocycles. The van der Waals surface area contributed by atoms with Crippen molar-refractivity contribution < 1.29 is 4.79 Å². The number of ketones is 1. The van der Waals surface area contributed by atoms with Crippen LogP contribution in [0.25, 0.3) is 0 Å². The van der Waals surface area contributed by atoms with Gasteiger partial charge in [0.1, 0.15) is 0 Å². The maximum atomic E-state index is 12.2. The van der Waals surface area contributed by atoms with E-state index >= 15 is 0 Å². The molecular weight excluding hydrogens is 244 g/mol. The van der Waals surface area contributed by atoms with Crippen molar-refractivity contribution in [1.82, 2.24) is 0 Å². The molecule has 0 aliphatic carbocycles. The molecule has 0 N–H and O–H groups in total. The molecular formula is C16H15ClO. The lowest BCUT2D eigenvalue weighted by molar-refractivity contribution is 0.0993. The van der Waals surface area contributed by atoms with Gasteiger partial charge in [-0.1, -0.05) is 53.6 Å². The van der Waals surface area contributed by atoms with Gasteiger partial charge in [-0.05, 0) is 31.0 Å². The van der Waals surface area contributed by atoms with Crippen LogP contribution in [0.5, 0.6) is 0 Å². The third-order valence-electron chi connectivity index (χ3n) is 2.94. The highest BCUT2D eigenvalue weighted by Crippen LogP contribution is 2.22. The van der Waals surface area contributed by atoms with Crippen LogP contribution >= 0.6 is 11.6 Å². The van der Waals surface area contributed by atoms with E-state index in [1.807, 2.05) is 50.2 Å². The number of Topliss-reactive ketones (excluding diaryl/α,β-unsaturated/α-hetero) is 1. The number of hydrogen-bond donors (Lipinski definition) is 0. The molecule has 0 saturated carbocycles. The smallest absolute Gasteiger partial charge is 0.168 e. The zero-order valence-electron chi connectivity index (χ0n) is 10.5. The van der Waals surface area contributed by atoms with Crippen molar-refractivity contribution in [2.24, 2.45) is 0 Å². The molecule has 2 heteroatoms. The third kappa shape index (κ3) is 2.80. The molecule has 1 nitrogen and oxygen atoms in total. The van der Waals surface area contributed by atoms with Gasteiger partial charge in [-0.3, -0.25) is 4.79 Å². The molecule has 2 aromatic rings. The van der Waals surface area contributed by atoms with Gasteiger partial charge in [0.2, 0.25) is 0 Å². The van der Waals surface area contributed by atoms with Gasteiger partial charge in [-0.15, -0.1) is 0 Å². The van der Waals surface area contributed by atoms with E-state index in [1.54, 1.807) is 6.07 Å². The van der Waals surface area contributed by atoms with Gasteiger partial charge >= 0.3 is 0 Å². The first kappa shape index (κ1) is 12.8. The summed E-state index contributed by atoms with van der Waals surface area (Å²) in [5, 5.41) is 0.565. The fourth-order valence-corrected chi connectivity index (χ4v) is 2.20. The first-order valence-electron chi connectivity index (χ1n) is 5.92. The standard InChI is InChI=1S/C16H15ClO/c1-11-5-3-7-13(9-11)10-15(18)14-8-4-6-12(2)16(14)17/h3-9H,10H2,1-2H3. The van der Waals surface area contributed by atoms with E-state index in [4.69, 9.17) is 11.6 Å². The predicted octanol–water partition coefficient (Wildman–Crippen LogP) is 4.38. The van der Waals surface area contributed by atoms with Crippen molar-refractivity contribution in [2.45, 2.75) is 20.3 Å². The van der Waals surface area contributed by atoms with Crippen molar-refractivity contribution in [3.8, 4) is 0 Å². The average molecular weight is 259 g/mol. The Balaban J connectivity index is 2.25. The highest BCUT2D eigenvalue weighted by atomic mass is 35.5. The Morgan fingerprint density at radius 1 is 1.11 bits per heavy atom. The topological polar surface area (TPSA) is 17.1 Å². The van der Waals surface area contributed by atoms with Gasteiger partial charge in [-0.25, -0.2) is 0 Å². The highest BCUT2D eigenvalue weighted by Gasteiger charge is 2.12. The third-order valence-corrected chi connectivity index (χ3v) is 3.44. The van der Waals surface area contributed by atoms with Gasteiger partial charge in [0.15, 0.2) is 5.78 Å². The molecule has 0 atom stereocenters. The van der Waals surface area contributed by atoms with E-state index in [0.717, 1.165) is 16.7 Å². The quantitative estimate of drug-likeness (QED) is 0.747. The second kappa shape index (κ2) is 5.36. The van der Waals surface area contributed by atoms with Crippen LogP contribution in [0, 0.1) is 13.8 Å². The van der Waals surface area contributed by atoms with Gasteiger partial charge < -0.3 is 0 Å². The number of benzene rings is 2. The molecule has 0 unspecified atom stereocenters. The van der Waals surface area contributed by atoms with Crippen molar-refractivity contribution in [3.63, 3.8) is 0 Å². The number of carbonyl (C=O) groups is 1. The second-order valence-corrected chi connectivity index (χ2v) is 4.90. The van der Waals surface area contributed by atoms with Crippen molar-refractivity contribution in [2.75, 3.05) is 0 Å². The van der Waals surface area contributed by atoms with E-state index in [0.29, 0.717) is 17.0 Å². The molecule has 0 saturated heterocycles. The second-order valence-electron chi connectivity index (χ2n) is 4.53. The van der Waals surface area contributed by atoms with Gasteiger partial charge in [0, 0.05) is 12.0 Å². The summed E-state index contributed by atoms with van der Waals surface area (Å²) in [6.45, 7) is 3.93. The van der Waals surface area contributed by atoms with E-state index < -0.39 is 0 Å². The van der Waals surface area contributed by atoms with Crippen LogP contribution in [0.3, 0.4) is 0 Å². The SMILES string of the molecule is Cc1cccc(CC(=O)c2cccc(C)c2Cl)c1. The summed E-state index contributed by atoms with van der Waals surface area (Å²) in [6.07, 6.45) is 0.394. The Bertz CT molecular complexity index is 587. The first-order chi connectivity index (χ1) is 8.58. The van der Waals surface area contributed by atoms with E-state index in [2.05, 4.69) is 0 Å². The average Bonchev–Trinajstić information content (AvgIpc) is 2.32. The van der Waals surface area contributed by atoms with E-state index in [1.165, 1.54) is 0 Å². The largest absolute Gasteiger partial charge is 0.294 e. The summed E-state index contributed by atoms with van der Waals surface area (Å²) in [7, 11) is 0. The molecule has 0 aliphatic rings. The molecule has 0 amide bonds. The number of carbonyl (C=O) groups excluding carboxylic acids is 1. The van der Waals surface area contributed by atoms with Crippen LogP contribution in [0.1, 0.15) is 27.0 Å². The molecule has 0 radical (unpaired) electrons. The molecule has 18 heavy (non-hydrogen) atoms. The van der Waals surface area contributed by atoms with Crippen LogP contribution in [0.15, 0.2) is 42.5 Å². The van der Waals surface area contributed by atoms with E-state index in [-0.39, 0.29) is 5.78 Å². The number of halogens is 1. The minimum absolute atomic E-state index is 0.0642. The predicted molar refractivity (Wildman–Crippen MR) is 75.4 cm³/mol. The monoisotopic (exact) mass is 258 g/mol. The van der Waals surface area contributed by atoms with Gasteiger partial charge in [-0.2, -0.15) is 0 Å². The Labute approximate surface area is 112 Å². The van der Waals surface area contributed by atoms with Crippen LogP contribution in [-0.4, -0.2) is 5.78 Å².